The third-order valence-electron chi connectivity index (χ3n) is 5.60. The second-order valence-corrected chi connectivity index (χ2v) is 7.60. The third kappa shape index (κ3) is 4.50. The number of nitrogens with zero attached hydrogens (tertiary/aromatic N) is 1. The van der Waals surface area contributed by atoms with Gasteiger partial charge in [-0.3, -0.25) is 9.59 Å². The molecule has 0 saturated heterocycles. The lowest BCUT2D eigenvalue weighted by molar-refractivity contribution is -0.117. The molecule has 3 aromatic carbocycles. The number of benzene rings is 3. The molecule has 1 aliphatic heterocycles. The summed E-state index contributed by atoms with van der Waals surface area (Å²) in [5.41, 5.74) is 1.80. The van der Waals surface area contributed by atoms with E-state index in [0.29, 0.717) is 29.2 Å². The first kappa shape index (κ1) is 22.3. The quantitative estimate of drug-likeness (QED) is 0.564. The van der Waals surface area contributed by atoms with Crippen molar-refractivity contribution in [3.8, 4) is 11.5 Å². The first-order chi connectivity index (χ1) is 15.9. The van der Waals surface area contributed by atoms with Gasteiger partial charge in [-0.2, -0.15) is 0 Å². The normalized spacial score (nSPS) is 13.5. The number of methoxy groups -OCH3 is 2. The van der Waals surface area contributed by atoms with Crippen molar-refractivity contribution < 1.29 is 27.8 Å². The van der Waals surface area contributed by atoms with Gasteiger partial charge in [0.15, 0.2) is 11.5 Å². The van der Waals surface area contributed by atoms with Crippen LogP contribution in [0.2, 0.25) is 0 Å². The molecule has 1 heterocycles. The Morgan fingerprint density at radius 1 is 1.03 bits per heavy atom. The van der Waals surface area contributed by atoms with Crippen LogP contribution < -0.4 is 14.8 Å². The average Bonchev–Trinajstić information content (AvgIpc) is 3.15. The van der Waals surface area contributed by atoms with Crippen LogP contribution in [0.1, 0.15) is 33.9 Å². The zero-order valence-electron chi connectivity index (χ0n) is 18.1. The van der Waals surface area contributed by atoms with Crippen LogP contribution in [0.4, 0.5) is 14.5 Å². The van der Waals surface area contributed by atoms with E-state index in [9.17, 15) is 18.4 Å². The lowest BCUT2D eigenvalue weighted by Gasteiger charge is -2.28. The van der Waals surface area contributed by atoms with Crippen LogP contribution in [-0.2, 0) is 11.3 Å². The minimum atomic E-state index is -0.753. The van der Waals surface area contributed by atoms with Gasteiger partial charge in [-0.05, 0) is 41.5 Å². The molecule has 0 aromatic heterocycles. The lowest BCUT2D eigenvalue weighted by Crippen LogP contribution is -2.32. The third-order valence-corrected chi connectivity index (χ3v) is 5.60. The summed E-state index contributed by atoms with van der Waals surface area (Å²) < 4.78 is 38.2. The number of rotatable bonds is 7. The summed E-state index contributed by atoms with van der Waals surface area (Å²) >= 11 is 0. The molecule has 33 heavy (non-hydrogen) atoms. The number of carbonyl (C=O) groups excluding carboxylic acids is 2. The number of ether oxygens (including phenoxy) is 2. The maximum atomic E-state index is 14.0. The van der Waals surface area contributed by atoms with Gasteiger partial charge in [0.25, 0.3) is 5.91 Å². The SMILES string of the molecule is COc1ccc(C(CC(=O)Nc2cc(F)ccc2F)N2Cc3ccccc3C2=O)cc1OC. The summed E-state index contributed by atoms with van der Waals surface area (Å²) in [6.07, 6.45) is -0.175. The van der Waals surface area contributed by atoms with Gasteiger partial charge in [0, 0.05) is 18.2 Å². The monoisotopic (exact) mass is 452 g/mol. The van der Waals surface area contributed by atoms with Crippen LogP contribution in [0.15, 0.2) is 60.7 Å². The van der Waals surface area contributed by atoms with Gasteiger partial charge in [0.05, 0.1) is 32.4 Å². The van der Waals surface area contributed by atoms with Crippen LogP contribution >= 0.6 is 0 Å². The van der Waals surface area contributed by atoms with E-state index in [1.165, 1.54) is 14.2 Å². The van der Waals surface area contributed by atoms with E-state index >= 15 is 0 Å². The first-order valence-corrected chi connectivity index (χ1v) is 10.3. The second-order valence-electron chi connectivity index (χ2n) is 7.60. The molecule has 0 bridgehead atoms. The summed E-state index contributed by atoms with van der Waals surface area (Å²) in [6, 6.07) is 14.5. The van der Waals surface area contributed by atoms with E-state index in [1.807, 2.05) is 12.1 Å². The average molecular weight is 452 g/mol. The van der Waals surface area contributed by atoms with E-state index in [4.69, 9.17) is 9.47 Å². The molecule has 8 heteroatoms. The van der Waals surface area contributed by atoms with Crippen molar-refractivity contribution in [2.75, 3.05) is 19.5 Å². The van der Waals surface area contributed by atoms with Crippen LogP contribution in [0.3, 0.4) is 0 Å². The van der Waals surface area contributed by atoms with Crippen molar-refractivity contribution in [1.82, 2.24) is 4.90 Å². The van der Waals surface area contributed by atoms with Gasteiger partial charge in [0.1, 0.15) is 11.6 Å². The fourth-order valence-corrected chi connectivity index (χ4v) is 3.97. The Morgan fingerprint density at radius 2 is 1.79 bits per heavy atom. The van der Waals surface area contributed by atoms with E-state index < -0.39 is 23.6 Å². The largest absolute Gasteiger partial charge is 0.493 e. The molecule has 3 aromatic rings. The van der Waals surface area contributed by atoms with Gasteiger partial charge in [-0.15, -0.1) is 0 Å². The summed E-state index contributed by atoms with van der Waals surface area (Å²) in [4.78, 5) is 27.6. The van der Waals surface area contributed by atoms with Crippen molar-refractivity contribution in [2.45, 2.75) is 19.0 Å². The molecule has 2 amide bonds. The Hall–Kier alpha value is -3.94. The lowest BCUT2D eigenvalue weighted by atomic mass is 10.0. The standard InChI is InChI=1S/C25H22F2N2O4/c1-32-22-10-7-15(11-23(22)33-2)21(29-14-16-5-3-4-6-18(16)25(29)31)13-24(30)28-20-12-17(26)8-9-19(20)27/h3-12,21H,13-14H2,1-2H3,(H,28,30). The Balaban J connectivity index is 1.67. The molecular weight excluding hydrogens is 430 g/mol. The predicted molar refractivity (Wildman–Crippen MR) is 118 cm³/mol. The zero-order chi connectivity index (χ0) is 23.5. The van der Waals surface area contributed by atoms with Crippen LogP contribution in [0, 0.1) is 11.6 Å². The van der Waals surface area contributed by atoms with Gasteiger partial charge >= 0.3 is 0 Å². The minimum absolute atomic E-state index is 0.175. The smallest absolute Gasteiger partial charge is 0.255 e. The summed E-state index contributed by atoms with van der Waals surface area (Å²) in [6.45, 7) is 0.315. The zero-order valence-corrected chi connectivity index (χ0v) is 18.1. The number of carbonyl (C=O) groups is 2. The fraction of sp³-hybridized carbons (Fsp3) is 0.200. The van der Waals surface area contributed by atoms with Crippen molar-refractivity contribution in [3.63, 3.8) is 0 Å². The molecule has 1 atom stereocenters. The molecule has 4 rings (SSSR count). The summed E-state index contributed by atoms with van der Waals surface area (Å²) in [5, 5.41) is 2.41. The Labute approximate surface area is 189 Å². The van der Waals surface area contributed by atoms with E-state index in [0.717, 1.165) is 23.8 Å². The molecule has 0 spiro atoms. The molecule has 6 nitrogen and oxygen atoms in total. The Morgan fingerprint density at radius 3 is 2.52 bits per heavy atom. The molecule has 0 aliphatic carbocycles. The van der Waals surface area contributed by atoms with Crippen molar-refractivity contribution >= 4 is 17.5 Å². The molecule has 0 saturated carbocycles. The fourth-order valence-electron chi connectivity index (χ4n) is 3.97. The Bertz CT molecular complexity index is 1210. The summed E-state index contributed by atoms with van der Waals surface area (Å²) in [7, 11) is 3.00. The van der Waals surface area contributed by atoms with Gasteiger partial charge < -0.3 is 19.7 Å². The molecular formula is C25H22F2N2O4. The van der Waals surface area contributed by atoms with Crippen molar-refractivity contribution in [1.29, 1.82) is 0 Å². The number of hydrogen-bond acceptors (Lipinski definition) is 4. The van der Waals surface area contributed by atoms with Crippen LogP contribution in [0.5, 0.6) is 11.5 Å². The predicted octanol–water partition coefficient (Wildman–Crippen LogP) is 4.71. The van der Waals surface area contributed by atoms with E-state index in [-0.39, 0.29) is 18.0 Å². The number of halogens is 2. The van der Waals surface area contributed by atoms with Gasteiger partial charge in [-0.1, -0.05) is 24.3 Å². The highest BCUT2D eigenvalue weighted by Crippen LogP contribution is 2.37. The maximum Gasteiger partial charge on any atom is 0.255 e. The highest BCUT2D eigenvalue weighted by molar-refractivity contribution is 5.99. The topological polar surface area (TPSA) is 67.9 Å². The highest BCUT2D eigenvalue weighted by Gasteiger charge is 2.35. The minimum Gasteiger partial charge on any atom is -0.493 e. The number of nitrogens with one attached hydrogen (secondary N) is 1. The first-order valence-electron chi connectivity index (χ1n) is 10.3. The molecule has 0 fully saturated rings. The molecule has 170 valence electrons. The van der Waals surface area contributed by atoms with Gasteiger partial charge in [-0.25, -0.2) is 8.78 Å². The second kappa shape index (κ2) is 9.28. The van der Waals surface area contributed by atoms with Crippen LogP contribution in [0.25, 0.3) is 0 Å². The molecule has 1 aliphatic rings. The van der Waals surface area contributed by atoms with Crippen molar-refractivity contribution in [3.05, 3.63) is 89.0 Å². The molecule has 0 radical (unpaired) electrons. The van der Waals surface area contributed by atoms with Gasteiger partial charge in [0.2, 0.25) is 5.91 Å². The van der Waals surface area contributed by atoms with E-state index in [2.05, 4.69) is 5.32 Å². The number of fused-ring (bicyclic) bond motifs is 1. The number of amides is 2. The number of hydrogen-bond donors (Lipinski definition) is 1. The molecule has 1 N–H and O–H groups in total. The van der Waals surface area contributed by atoms with Crippen molar-refractivity contribution in [2.24, 2.45) is 0 Å². The van der Waals surface area contributed by atoms with Crippen LogP contribution in [-0.4, -0.2) is 30.9 Å². The highest BCUT2D eigenvalue weighted by atomic mass is 19.1. The maximum absolute atomic E-state index is 14.0. The summed E-state index contributed by atoms with van der Waals surface area (Å²) in [5.74, 6) is -1.26. The Kier molecular flexibility index (Phi) is 6.26. The molecule has 1 unspecified atom stereocenters. The van der Waals surface area contributed by atoms with E-state index in [1.54, 1.807) is 35.2 Å². The number of anilines is 1.